The standard InChI is InChI=1S/C30H21BrN2/c31-27-16-8-10-18-30(27)32(22-11-3-1-4-12-22)24-19-20-29-26(21-24)25-15-7-9-17-28(25)33(29)23-13-5-2-6-14-23/h1-21H. The molecule has 0 spiro atoms. The van der Waals surface area contributed by atoms with E-state index in [4.69, 9.17) is 0 Å². The molecule has 158 valence electrons. The van der Waals surface area contributed by atoms with Crippen molar-refractivity contribution in [3.63, 3.8) is 0 Å². The normalized spacial score (nSPS) is 11.2. The highest BCUT2D eigenvalue weighted by atomic mass is 79.9. The Morgan fingerprint density at radius 1 is 0.515 bits per heavy atom. The fourth-order valence-electron chi connectivity index (χ4n) is 4.59. The van der Waals surface area contributed by atoms with Crippen molar-refractivity contribution in [3.8, 4) is 5.69 Å². The summed E-state index contributed by atoms with van der Waals surface area (Å²) in [5.41, 5.74) is 6.93. The lowest BCUT2D eigenvalue weighted by molar-refractivity contribution is 1.18. The third-order valence-corrected chi connectivity index (χ3v) is 6.71. The number of anilines is 3. The molecule has 33 heavy (non-hydrogen) atoms. The van der Waals surface area contributed by atoms with Gasteiger partial charge in [-0.15, -0.1) is 0 Å². The van der Waals surface area contributed by atoms with Gasteiger partial charge in [0.2, 0.25) is 0 Å². The molecule has 0 aliphatic carbocycles. The van der Waals surface area contributed by atoms with Crippen molar-refractivity contribution in [2.75, 3.05) is 4.90 Å². The molecule has 0 unspecified atom stereocenters. The number of aromatic nitrogens is 1. The molecule has 5 aromatic carbocycles. The zero-order chi connectivity index (χ0) is 22.2. The molecule has 0 fully saturated rings. The molecule has 2 nitrogen and oxygen atoms in total. The van der Waals surface area contributed by atoms with E-state index < -0.39 is 0 Å². The zero-order valence-corrected chi connectivity index (χ0v) is 19.5. The number of nitrogens with zero attached hydrogens (tertiary/aromatic N) is 2. The topological polar surface area (TPSA) is 8.17 Å². The zero-order valence-electron chi connectivity index (χ0n) is 17.9. The summed E-state index contributed by atoms with van der Waals surface area (Å²) in [4.78, 5) is 2.30. The molecule has 0 N–H and O–H groups in total. The van der Waals surface area contributed by atoms with Gasteiger partial charge in [-0.2, -0.15) is 0 Å². The lowest BCUT2D eigenvalue weighted by atomic mass is 10.1. The van der Waals surface area contributed by atoms with Gasteiger partial charge in [0, 0.05) is 32.3 Å². The van der Waals surface area contributed by atoms with Crippen LogP contribution in [0, 0.1) is 0 Å². The van der Waals surface area contributed by atoms with Gasteiger partial charge in [-0.1, -0.05) is 66.7 Å². The summed E-state index contributed by atoms with van der Waals surface area (Å²) in [6, 6.07) is 44.9. The molecule has 0 aliphatic heterocycles. The van der Waals surface area contributed by atoms with Gasteiger partial charge in [0.05, 0.1) is 16.7 Å². The van der Waals surface area contributed by atoms with Gasteiger partial charge in [-0.05, 0) is 76.6 Å². The monoisotopic (exact) mass is 488 g/mol. The second-order valence-electron chi connectivity index (χ2n) is 8.01. The molecule has 0 aliphatic rings. The number of rotatable bonds is 4. The summed E-state index contributed by atoms with van der Waals surface area (Å²) in [6.45, 7) is 0. The molecule has 1 heterocycles. The van der Waals surface area contributed by atoms with Gasteiger partial charge in [-0.3, -0.25) is 0 Å². The van der Waals surface area contributed by atoms with E-state index in [0.717, 1.165) is 21.5 Å². The SMILES string of the molecule is Brc1ccccc1N(c1ccccc1)c1ccc2c(c1)c1ccccc1n2-c1ccccc1. The fourth-order valence-corrected chi connectivity index (χ4v) is 5.05. The molecule has 0 saturated carbocycles. The Hall–Kier alpha value is -3.82. The Kier molecular flexibility index (Phi) is 4.97. The van der Waals surface area contributed by atoms with E-state index in [1.54, 1.807) is 0 Å². The van der Waals surface area contributed by atoms with Crippen molar-refractivity contribution in [1.29, 1.82) is 0 Å². The summed E-state index contributed by atoms with van der Waals surface area (Å²) in [5, 5.41) is 2.48. The summed E-state index contributed by atoms with van der Waals surface area (Å²) in [7, 11) is 0. The van der Waals surface area contributed by atoms with Crippen molar-refractivity contribution in [1.82, 2.24) is 4.57 Å². The van der Waals surface area contributed by atoms with Gasteiger partial charge < -0.3 is 9.47 Å². The number of benzene rings is 5. The predicted molar refractivity (Wildman–Crippen MR) is 143 cm³/mol. The van der Waals surface area contributed by atoms with Crippen LogP contribution in [0.2, 0.25) is 0 Å². The average molecular weight is 489 g/mol. The van der Waals surface area contributed by atoms with Gasteiger partial charge in [0.15, 0.2) is 0 Å². The number of hydrogen-bond donors (Lipinski definition) is 0. The lowest BCUT2D eigenvalue weighted by Gasteiger charge is -2.26. The van der Waals surface area contributed by atoms with Crippen molar-refractivity contribution >= 4 is 54.8 Å². The van der Waals surface area contributed by atoms with E-state index in [9.17, 15) is 0 Å². The Labute approximate surface area is 201 Å². The maximum absolute atomic E-state index is 3.77. The van der Waals surface area contributed by atoms with Gasteiger partial charge in [-0.25, -0.2) is 0 Å². The number of fused-ring (bicyclic) bond motifs is 3. The average Bonchev–Trinajstić information content (AvgIpc) is 3.20. The van der Waals surface area contributed by atoms with Crippen LogP contribution in [0.4, 0.5) is 17.1 Å². The fraction of sp³-hybridized carbons (Fsp3) is 0. The molecule has 0 radical (unpaired) electrons. The van der Waals surface area contributed by atoms with E-state index in [1.807, 2.05) is 6.07 Å². The van der Waals surface area contributed by atoms with Crippen LogP contribution in [0.25, 0.3) is 27.5 Å². The van der Waals surface area contributed by atoms with Crippen molar-refractivity contribution in [2.24, 2.45) is 0 Å². The molecule has 0 bridgehead atoms. The Morgan fingerprint density at radius 2 is 1.15 bits per heavy atom. The van der Waals surface area contributed by atoms with Crippen LogP contribution in [-0.4, -0.2) is 4.57 Å². The third-order valence-electron chi connectivity index (χ3n) is 6.04. The Morgan fingerprint density at radius 3 is 1.94 bits per heavy atom. The van der Waals surface area contributed by atoms with Crippen LogP contribution < -0.4 is 4.90 Å². The molecule has 0 saturated heterocycles. The van der Waals surface area contributed by atoms with Crippen LogP contribution in [0.5, 0.6) is 0 Å². The van der Waals surface area contributed by atoms with E-state index in [1.165, 1.54) is 27.5 Å². The van der Waals surface area contributed by atoms with Crippen LogP contribution in [0.1, 0.15) is 0 Å². The lowest BCUT2D eigenvalue weighted by Crippen LogP contribution is -2.10. The molecule has 0 atom stereocenters. The number of hydrogen-bond acceptors (Lipinski definition) is 1. The minimum Gasteiger partial charge on any atom is -0.309 e. The largest absolute Gasteiger partial charge is 0.309 e. The van der Waals surface area contributed by atoms with Gasteiger partial charge >= 0.3 is 0 Å². The van der Waals surface area contributed by atoms with Crippen molar-refractivity contribution < 1.29 is 0 Å². The minimum atomic E-state index is 1.06. The predicted octanol–water partition coefficient (Wildman–Crippen LogP) is 9.02. The van der Waals surface area contributed by atoms with Crippen LogP contribution in [0.15, 0.2) is 132 Å². The first-order valence-electron chi connectivity index (χ1n) is 11.0. The minimum absolute atomic E-state index is 1.06. The van der Waals surface area contributed by atoms with Crippen LogP contribution in [-0.2, 0) is 0 Å². The highest BCUT2D eigenvalue weighted by molar-refractivity contribution is 9.10. The second kappa shape index (κ2) is 8.27. The molecular weight excluding hydrogens is 468 g/mol. The van der Waals surface area contributed by atoms with E-state index in [-0.39, 0.29) is 0 Å². The first kappa shape index (κ1) is 19.8. The summed E-state index contributed by atoms with van der Waals surface area (Å²) < 4.78 is 3.40. The molecular formula is C30H21BrN2. The highest BCUT2D eigenvalue weighted by Gasteiger charge is 2.18. The van der Waals surface area contributed by atoms with E-state index in [0.29, 0.717) is 0 Å². The number of halogens is 1. The molecule has 1 aromatic heterocycles. The quantitative estimate of drug-likeness (QED) is 0.240. The van der Waals surface area contributed by atoms with Gasteiger partial charge in [0.1, 0.15) is 0 Å². The maximum atomic E-state index is 3.77. The smallest absolute Gasteiger partial charge is 0.0603 e. The number of para-hydroxylation sites is 4. The molecule has 0 amide bonds. The van der Waals surface area contributed by atoms with Crippen molar-refractivity contribution in [3.05, 3.63) is 132 Å². The first-order valence-corrected chi connectivity index (χ1v) is 11.8. The van der Waals surface area contributed by atoms with Crippen LogP contribution in [0.3, 0.4) is 0 Å². The van der Waals surface area contributed by atoms with E-state index in [2.05, 4.69) is 147 Å². The molecule has 3 heteroatoms. The van der Waals surface area contributed by atoms with Gasteiger partial charge in [0.25, 0.3) is 0 Å². The summed E-state index contributed by atoms with van der Waals surface area (Å²) in [5.74, 6) is 0. The maximum Gasteiger partial charge on any atom is 0.0603 e. The molecule has 6 rings (SSSR count). The summed E-state index contributed by atoms with van der Waals surface area (Å²) >= 11 is 3.77. The van der Waals surface area contributed by atoms with E-state index >= 15 is 0 Å². The molecule has 6 aromatic rings. The highest BCUT2D eigenvalue weighted by Crippen LogP contribution is 2.41. The summed E-state index contributed by atoms with van der Waals surface area (Å²) in [6.07, 6.45) is 0. The van der Waals surface area contributed by atoms with Crippen LogP contribution >= 0.6 is 15.9 Å². The Balaban J connectivity index is 1.63. The first-order chi connectivity index (χ1) is 16.3. The van der Waals surface area contributed by atoms with Crippen molar-refractivity contribution in [2.45, 2.75) is 0 Å². The third kappa shape index (κ3) is 3.42. The Bertz CT molecular complexity index is 1570. The second-order valence-corrected chi connectivity index (χ2v) is 8.87.